The first-order chi connectivity index (χ1) is 2.81. The van der Waals surface area contributed by atoms with Gasteiger partial charge in [-0.2, -0.15) is 12.8 Å². The number of rotatable bonds is 2. The van der Waals surface area contributed by atoms with Crippen molar-refractivity contribution >= 4 is 0 Å². The smallest absolute Gasteiger partial charge is 0 e. The van der Waals surface area contributed by atoms with Gasteiger partial charge in [0.2, 0.25) is 0 Å². The van der Waals surface area contributed by atoms with E-state index in [9.17, 15) is 0 Å². The van der Waals surface area contributed by atoms with Crippen LogP contribution in [0.5, 0.6) is 0 Å². The molecule has 0 atom stereocenters. The minimum absolute atomic E-state index is 0. The molecule has 2 heteroatoms. The molecule has 0 amide bonds. The Morgan fingerprint density at radius 1 is 1.29 bits per heavy atom. The monoisotopic (exact) mass is 274 g/mol. The molecule has 0 aliphatic rings. The van der Waals surface area contributed by atoms with Crippen molar-refractivity contribution in [2.24, 2.45) is 0 Å². The van der Waals surface area contributed by atoms with E-state index in [1.54, 1.807) is 0 Å². The first kappa shape index (κ1) is 10.6. The third kappa shape index (κ3) is 6.62. The third-order valence-electron chi connectivity index (χ3n) is 0.816. The Morgan fingerprint density at radius 3 is 1.57 bits per heavy atom. The zero-order valence-corrected chi connectivity index (χ0v) is 7.46. The van der Waals surface area contributed by atoms with Crippen molar-refractivity contribution in [2.75, 3.05) is 0 Å². The molecule has 0 aromatic carbocycles. The van der Waals surface area contributed by atoms with Crippen molar-refractivity contribution in [2.45, 2.75) is 26.7 Å². The molecule has 0 aliphatic heterocycles. The second-order valence-corrected chi connectivity index (χ2v) is 1.27. The zero-order chi connectivity index (χ0) is 4.99. The summed E-state index contributed by atoms with van der Waals surface area (Å²) in [6, 6.07) is 0. The minimum Gasteiger partial charge on any atom is -0.563 e. The fourth-order valence-corrected chi connectivity index (χ4v) is 0.250. The van der Waals surface area contributed by atoms with Crippen LogP contribution in [0.1, 0.15) is 26.7 Å². The predicted molar refractivity (Wildman–Crippen MR) is 25.8 cm³/mol. The molecule has 0 aliphatic carbocycles. The number of aliphatic hydroxyl groups is 1. The average Bonchev–Trinajstić information content (AvgIpc) is 1.65. The number of hydrogen-bond donors (Lipinski definition) is 1. The Labute approximate surface area is 58.8 Å². The molecular weight excluding hydrogens is 262 g/mol. The van der Waals surface area contributed by atoms with Gasteiger partial charge in [0.25, 0.3) is 0 Å². The summed E-state index contributed by atoms with van der Waals surface area (Å²) < 4.78 is 0. The van der Waals surface area contributed by atoms with E-state index in [-0.39, 0.29) is 20.4 Å². The minimum atomic E-state index is 0. The van der Waals surface area contributed by atoms with Crippen LogP contribution in [-0.4, -0.2) is 5.11 Å². The van der Waals surface area contributed by atoms with Gasteiger partial charge < -0.3 is 5.11 Å². The maximum atomic E-state index is 8.58. The molecule has 0 rings (SSSR count). The van der Waals surface area contributed by atoms with Crippen LogP contribution in [0.25, 0.3) is 0 Å². The molecular formula is C5H11ORe-. The number of aliphatic hydroxyl groups excluding tert-OH is 1. The first-order valence-corrected chi connectivity index (χ1v) is 2.34. The van der Waals surface area contributed by atoms with E-state index >= 15 is 0 Å². The fraction of sp³-hybridized carbons (Fsp3) is 0.800. The zero-order valence-electron chi connectivity index (χ0n) is 4.74. The van der Waals surface area contributed by atoms with Crippen LogP contribution in [-0.2, 0) is 20.4 Å². The molecule has 45 valence electrons. The van der Waals surface area contributed by atoms with Crippen LogP contribution in [0.2, 0.25) is 0 Å². The van der Waals surface area contributed by atoms with Gasteiger partial charge in [-0.25, -0.2) is 6.10 Å². The van der Waals surface area contributed by atoms with Gasteiger partial charge in [-0.3, -0.25) is 0 Å². The van der Waals surface area contributed by atoms with E-state index in [1.807, 2.05) is 13.8 Å². The van der Waals surface area contributed by atoms with Gasteiger partial charge in [-0.15, -0.1) is 0 Å². The summed E-state index contributed by atoms with van der Waals surface area (Å²) in [5.74, 6) is 0. The Balaban J connectivity index is 0. The topological polar surface area (TPSA) is 20.2 Å². The van der Waals surface area contributed by atoms with Crippen LogP contribution in [0.15, 0.2) is 0 Å². The van der Waals surface area contributed by atoms with Crippen LogP contribution in [0, 0.1) is 6.10 Å². The molecule has 0 aromatic heterocycles. The Morgan fingerprint density at radius 2 is 1.57 bits per heavy atom. The maximum Gasteiger partial charge on any atom is 0 e. The van der Waals surface area contributed by atoms with E-state index in [4.69, 9.17) is 5.11 Å². The Hall–Kier alpha value is 0.622. The van der Waals surface area contributed by atoms with E-state index in [0.29, 0.717) is 6.10 Å². The molecule has 0 spiro atoms. The van der Waals surface area contributed by atoms with Crippen molar-refractivity contribution in [3.8, 4) is 0 Å². The Bertz CT molecular complexity index is 27.3. The summed E-state index contributed by atoms with van der Waals surface area (Å²) in [6.07, 6.45) is 2.20. The maximum absolute atomic E-state index is 8.58. The van der Waals surface area contributed by atoms with Crippen molar-refractivity contribution in [3.05, 3.63) is 6.10 Å². The summed E-state index contributed by atoms with van der Waals surface area (Å²) in [5.41, 5.74) is 0. The summed E-state index contributed by atoms with van der Waals surface area (Å²) in [7, 11) is 0. The molecule has 0 unspecified atom stereocenters. The van der Waals surface area contributed by atoms with Gasteiger partial charge in [0.1, 0.15) is 0 Å². The molecule has 0 saturated heterocycles. The second kappa shape index (κ2) is 6.62. The summed E-state index contributed by atoms with van der Waals surface area (Å²) >= 11 is 0. The third-order valence-corrected chi connectivity index (χ3v) is 0.816. The average molecular weight is 273 g/mol. The standard InChI is InChI=1S/C5H11O.Re/c1-3-5(6)4-2;/h6H,3-4H2,1-2H3;/q-1;. The van der Waals surface area contributed by atoms with E-state index in [1.165, 1.54) is 0 Å². The van der Waals surface area contributed by atoms with Crippen LogP contribution >= 0.6 is 0 Å². The fourth-order valence-electron chi connectivity index (χ4n) is 0.250. The second-order valence-electron chi connectivity index (χ2n) is 1.27. The van der Waals surface area contributed by atoms with Gasteiger partial charge in [-0.05, 0) is 0 Å². The van der Waals surface area contributed by atoms with Crippen LogP contribution in [0.4, 0.5) is 0 Å². The van der Waals surface area contributed by atoms with Crippen molar-refractivity contribution in [1.29, 1.82) is 0 Å². The van der Waals surface area contributed by atoms with E-state index < -0.39 is 0 Å². The van der Waals surface area contributed by atoms with E-state index in [2.05, 4.69) is 0 Å². The molecule has 0 fully saturated rings. The van der Waals surface area contributed by atoms with Gasteiger partial charge >= 0.3 is 0 Å². The molecule has 0 bridgehead atoms. The van der Waals surface area contributed by atoms with Crippen molar-refractivity contribution in [3.63, 3.8) is 0 Å². The number of hydrogen-bond acceptors (Lipinski definition) is 1. The van der Waals surface area contributed by atoms with Gasteiger partial charge in [0.05, 0.1) is 0 Å². The van der Waals surface area contributed by atoms with Gasteiger partial charge in [0, 0.05) is 20.4 Å². The first-order valence-electron chi connectivity index (χ1n) is 2.34. The molecule has 0 saturated carbocycles. The summed E-state index contributed by atoms with van der Waals surface area (Å²) in [4.78, 5) is 0. The van der Waals surface area contributed by atoms with Crippen LogP contribution < -0.4 is 0 Å². The SMILES string of the molecule is CC[C-](O)CC.[Re]. The quantitative estimate of drug-likeness (QED) is 0.759. The molecule has 0 aromatic rings. The summed E-state index contributed by atoms with van der Waals surface area (Å²) in [5, 5.41) is 8.58. The van der Waals surface area contributed by atoms with Crippen molar-refractivity contribution in [1.82, 2.24) is 0 Å². The van der Waals surface area contributed by atoms with Gasteiger partial charge in [-0.1, -0.05) is 13.8 Å². The van der Waals surface area contributed by atoms with Crippen molar-refractivity contribution < 1.29 is 25.5 Å². The molecule has 7 heavy (non-hydrogen) atoms. The van der Waals surface area contributed by atoms with Crippen LogP contribution in [0.3, 0.4) is 0 Å². The largest absolute Gasteiger partial charge is 0.563 e. The molecule has 1 radical (unpaired) electrons. The van der Waals surface area contributed by atoms with Gasteiger partial charge in [0.15, 0.2) is 0 Å². The Kier molecular flexibility index (Phi) is 10.0. The predicted octanol–water partition coefficient (Wildman–Crippen LogP) is 1.71. The normalized spacial score (nSPS) is 8.57. The van der Waals surface area contributed by atoms with E-state index in [0.717, 1.165) is 12.8 Å². The molecule has 0 heterocycles. The molecule has 1 nitrogen and oxygen atoms in total. The molecule has 1 N–H and O–H groups in total. The summed E-state index contributed by atoms with van der Waals surface area (Å²) in [6.45, 7) is 3.89.